The van der Waals surface area contributed by atoms with Gasteiger partial charge in [0.2, 0.25) is 0 Å². The lowest BCUT2D eigenvalue weighted by Gasteiger charge is -2.16. The van der Waals surface area contributed by atoms with Crippen molar-refractivity contribution < 1.29 is 0 Å². The quantitative estimate of drug-likeness (QED) is 0.711. The monoisotopic (exact) mass is 212 g/mol. The molecule has 0 amide bonds. The Labute approximate surface area is 91.4 Å². The maximum absolute atomic E-state index is 8.82. The van der Waals surface area contributed by atoms with E-state index in [0.717, 1.165) is 24.8 Å². The van der Waals surface area contributed by atoms with Crippen molar-refractivity contribution in [1.29, 1.82) is 5.26 Å². The van der Waals surface area contributed by atoms with Gasteiger partial charge < -0.3 is 5.32 Å². The first-order valence-electron chi connectivity index (χ1n) is 5.38. The summed E-state index contributed by atoms with van der Waals surface area (Å²) in [7, 11) is 0. The van der Waals surface area contributed by atoms with E-state index in [2.05, 4.69) is 23.1 Å². The maximum Gasteiger partial charge on any atom is 0.0684 e. The number of nitrogens with zero attached hydrogens (tertiary/aromatic N) is 1. The van der Waals surface area contributed by atoms with E-state index in [1.165, 1.54) is 18.6 Å². The second-order valence-corrected chi connectivity index (χ2v) is 5.99. The van der Waals surface area contributed by atoms with Gasteiger partial charge in [0, 0.05) is 11.8 Å². The molecule has 2 nitrogen and oxygen atoms in total. The molecule has 1 aliphatic rings. The van der Waals surface area contributed by atoms with Crippen LogP contribution < -0.4 is 5.32 Å². The molecule has 1 rings (SSSR count). The highest BCUT2D eigenvalue weighted by atomic mass is 32.2. The number of nitrogens with one attached hydrogen (secondary N) is 1. The molecule has 1 unspecified atom stereocenters. The predicted molar refractivity (Wildman–Crippen MR) is 62.4 cm³/mol. The fourth-order valence-corrected chi connectivity index (χ4v) is 2.76. The first-order chi connectivity index (χ1) is 6.64. The third-order valence-corrected chi connectivity index (χ3v) is 4.02. The highest BCUT2D eigenvalue weighted by Crippen LogP contribution is 2.25. The van der Waals surface area contributed by atoms with Crippen LogP contribution in [-0.2, 0) is 0 Å². The summed E-state index contributed by atoms with van der Waals surface area (Å²) in [6.07, 6.45) is 3.68. The van der Waals surface area contributed by atoms with Gasteiger partial charge in [0.15, 0.2) is 0 Å². The molecule has 1 aliphatic heterocycles. The smallest absolute Gasteiger partial charge is 0.0684 e. The molecular weight excluding hydrogens is 192 g/mol. The highest BCUT2D eigenvalue weighted by molar-refractivity contribution is 8.00. The van der Waals surface area contributed by atoms with Gasteiger partial charge in [-0.1, -0.05) is 0 Å². The van der Waals surface area contributed by atoms with Crippen LogP contribution in [0.15, 0.2) is 0 Å². The zero-order chi connectivity index (χ0) is 10.4. The lowest BCUT2D eigenvalue weighted by atomic mass is 9.91. The second-order valence-electron chi connectivity index (χ2n) is 4.58. The van der Waals surface area contributed by atoms with Crippen molar-refractivity contribution in [2.24, 2.45) is 5.41 Å². The van der Waals surface area contributed by atoms with Gasteiger partial charge >= 0.3 is 0 Å². The Kier molecular flexibility index (Phi) is 4.77. The predicted octanol–water partition coefficient (Wildman–Crippen LogP) is 2.41. The highest BCUT2D eigenvalue weighted by Gasteiger charge is 2.17. The average Bonchev–Trinajstić information content (AvgIpc) is 2.65. The van der Waals surface area contributed by atoms with E-state index in [0.29, 0.717) is 0 Å². The molecule has 80 valence electrons. The summed E-state index contributed by atoms with van der Waals surface area (Å²) in [4.78, 5) is 0. The van der Waals surface area contributed by atoms with Gasteiger partial charge in [-0.3, -0.25) is 0 Å². The van der Waals surface area contributed by atoms with E-state index < -0.39 is 0 Å². The van der Waals surface area contributed by atoms with E-state index >= 15 is 0 Å². The van der Waals surface area contributed by atoms with Crippen LogP contribution in [-0.4, -0.2) is 24.1 Å². The molecule has 0 radical (unpaired) electrons. The summed E-state index contributed by atoms with van der Waals surface area (Å²) < 4.78 is 0. The minimum atomic E-state index is -0.171. The first kappa shape index (κ1) is 11.9. The number of thioether (sulfide) groups is 1. The second kappa shape index (κ2) is 5.63. The molecule has 14 heavy (non-hydrogen) atoms. The van der Waals surface area contributed by atoms with Crippen LogP contribution in [0.5, 0.6) is 0 Å². The van der Waals surface area contributed by atoms with Gasteiger partial charge in [0.05, 0.1) is 11.5 Å². The van der Waals surface area contributed by atoms with Gasteiger partial charge in [0.25, 0.3) is 0 Å². The largest absolute Gasteiger partial charge is 0.316 e. The minimum absolute atomic E-state index is 0.171. The van der Waals surface area contributed by atoms with Crippen molar-refractivity contribution in [3.8, 4) is 6.07 Å². The molecule has 0 aromatic rings. The molecule has 0 aromatic heterocycles. The Morgan fingerprint density at radius 3 is 2.93 bits per heavy atom. The van der Waals surface area contributed by atoms with Crippen molar-refractivity contribution in [2.45, 2.75) is 38.4 Å². The zero-order valence-corrected chi connectivity index (χ0v) is 9.99. The molecule has 0 aromatic carbocycles. The van der Waals surface area contributed by atoms with Gasteiger partial charge in [-0.05, 0) is 45.4 Å². The molecule has 3 heteroatoms. The normalized spacial score (nSPS) is 22.2. The molecule has 1 heterocycles. The molecule has 0 saturated carbocycles. The summed E-state index contributed by atoms with van der Waals surface area (Å²) >= 11 is 2.08. The SMILES string of the molecule is CC(C)(C#N)CCNCC1CCCS1. The molecule has 1 N–H and O–H groups in total. The number of rotatable bonds is 5. The number of nitriles is 1. The van der Waals surface area contributed by atoms with Crippen molar-refractivity contribution in [2.75, 3.05) is 18.8 Å². The summed E-state index contributed by atoms with van der Waals surface area (Å²) in [6, 6.07) is 2.32. The van der Waals surface area contributed by atoms with Crippen LogP contribution in [0, 0.1) is 16.7 Å². The van der Waals surface area contributed by atoms with Crippen molar-refractivity contribution in [3.05, 3.63) is 0 Å². The summed E-state index contributed by atoms with van der Waals surface area (Å²) in [5.74, 6) is 1.33. The maximum atomic E-state index is 8.82. The molecule has 0 spiro atoms. The lowest BCUT2D eigenvalue weighted by Crippen LogP contribution is -2.27. The van der Waals surface area contributed by atoms with Crippen LogP contribution in [0.4, 0.5) is 0 Å². The molecule has 1 saturated heterocycles. The Morgan fingerprint density at radius 2 is 2.36 bits per heavy atom. The number of hydrogen-bond donors (Lipinski definition) is 1. The van der Waals surface area contributed by atoms with Gasteiger partial charge in [-0.2, -0.15) is 17.0 Å². The Bertz CT molecular complexity index is 202. The van der Waals surface area contributed by atoms with E-state index in [1.54, 1.807) is 0 Å². The summed E-state index contributed by atoms with van der Waals surface area (Å²) in [5.41, 5.74) is -0.171. The van der Waals surface area contributed by atoms with E-state index in [1.807, 2.05) is 13.8 Å². The van der Waals surface area contributed by atoms with E-state index in [9.17, 15) is 0 Å². The fourth-order valence-electron chi connectivity index (χ4n) is 1.53. The zero-order valence-electron chi connectivity index (χ0n) is 9.18. The lowest BCUT2D eigenvalue weighted by molar-refractivity contribution is 0.432. The first-order valence-corrected chi connectivity index (χ1v) is 6.42. The third kappa shape index (κ3) is 4.34. The Balaban J connectivity index is 2.02. The Hall–Kier alpha value is -0.200. The van der Waals surface area contributed by atoms with Crippen LogP contribution in [0.1, 0.15) is 33.1 Å². The van der Waals surface area contributed by atoms with E-state index in [-0.39, 0.29) is 5.41 Å². The van der Waals surface area contributed by atoms with Crippen molar-refractivity contribution in [1.82, 2.24) is 5.32 Å². The standard InChI is InChI=1S/C11H20N2S/c1-11(2,9-12)5-6-13-8-10-4-3-7-14-10/h10,13H,3-8H2,1-2H3. The Morgan fingerprint density at radius 1 is 1.57 bits per heavy atom. The van der Waals surface area contributed by atoms with Crippen LogP contribution >= 0.6 is 11.8 Å². The molecule has 0 bridgehead atoms. The van der Waals surface area contributed by atoms with Gasteiger partial charge in [-0.25, -0.2) is 0 Å². The molecular formula is C11H20N2S. The average molecular weight is 212 g/mol. The van der Waals surface area contributed by atoms with Crippen LogP contribution in [0.3, 0.4) is 0 Å². The van der Waals surface area contributed by atoms with Crippen molar-refractivity contribution >= 4 is 11.8 Å². The fraction of sp³-hybridized carbons (Fsp3) is 0.909. The topological polar surface area (TPSA) is 35.8 Å². The molecule has 0 aliphatic carbocycles. The summed E-state index contributed by atoms with van der Waals surface area (Å²) in [5, 5.41) is 13.1. The molecule has 1 atom stereocenters. The number of hydrogen-bond acceptors (Lipinski definition) is 3. The van der Waals surface area contributed by atoms with Gasteiger partial charge in [-0.15, -0.1) is 0 Å². The van der Waals surface area contributed by atoms with Crippen LogP contribution in [0.2, 0.25) is 0 Å². The summed E-state index contributed by atoms with van der Waals surface area (Å²) in [6.45, 7) is 6.09. The van der Waals surface area contributed by atoms with E-state index in [4.69, 9.17) is 5.26 Å². The molecule has 1 fully saturated rings. The van der Waals surface area contributed by atoms with Gasteiger partial charge in [0.1, 0.15) is 0 Å². The third-order valence-electron chi connectivity index (χ3n) is 2.63. The minimum Gasteiger partial charge on any atom is -0.316 e. The van der Waals surface area contributed by atoms with Crippen LogP contribution in [0.25, 0.3) is 0 Å². The van der Waals surface area contributed by atoms with Crippen molar-refractivity contribution in [3.63, 3.8) is 0 Å².